The Morgan fingerprint density at radius 2 is 2.05 bits per heavy atom. The summed E-state index contributed by atoms with van der Waals surface area (Å²) >= 11 is 0. The van der Waals surface area contributed by atoms with Crippen molar-refractivity contribution in [2.75, 3.05) is 17.7 Å². The van der Waals surface area contributed by atoms with Crippen LogP contribution in [0, 0.1) is 0 Å². The average Bonchev–Trinajstić information content (AvgIpc) is 2.89. The number of rotatable bonds is 3. The van der Waals surface area contributed by atoms with Crippen molar-refractivity contribution in [1.82, 2.24) is 15.0 Å². The number of imidazole rings is 1. The Bertz CT molecular complexity index is 715. The van der Waals surface area contributed by atoms with E-state index in [4.69, 9.17) is 0 Å². The molecule has 20 heavy (non-hydrogen) atoms. The van der Waals surface area contributed by atoms with Gasteiger partial charge >= 0.3 is 0 Å². The van der Waals surface area contributed by atoms with E-state index in [0.717, 1.165) is 16.7 Å². The predicted octanol–water partition coefficient (Wildman–Crippen LogP) is 2.25. The molecule has 0 aliphatic rings. The summed E-state index contributed by atoms with van der Waals surface area (Å²) in [4.78, 5) is 23.4. The minimum atomic E-state index is -0.299. The second-order valence-corrected chi connectivity index (χ2v) is 4.24. The van der Waals surface area contributed by atoms with E-state index in [-0.39, 0.29) is 5.91 Å². The highest BCUT2D eigenvalue weighted by Gasteiger charge is 2.10. The molecule has 1 amide bonds. The summed E-state index contributed by atoms with van der Waals surface area (Å²) < 4.78 is 0. The van der Waals surface area contributed by atoms with Crippen LogP contribution in [0.15, 0.2) is 42.6 Å². The Balaban J connectivity index is 1.80. The maximum Gasteiger partial charge on any atom is 0.276 e. The average molecular weight is 267 g/mol. The number of hydrogen-bond donors (Lipinski definition) is 3. The number of amides is 1. The maximum atomic E-state index is 12.0. The summed E-state index contributed by atoms with van der Waals surface area (Å²) in [5.74, 6) is 0.113. The Hall–Kier alpha value is -2.89. The van der Waals surface area contributed by atoms with Crippen LogP contribution in [0.3, 0.4) is 0 Å². The van der Waals surface area contributed by atoms with Crippen molar-refractivity contribution < 1.29 is 4.79 Å². The van der Waals surface area contributed by atoms with Gasteiger partial charge in [-0.3, -0.25) is 10.1 Å². The smallest absolute Gasteiger partial charge is 0.276 e. The molecule has 0 bridgehead atoms. The van der Waals surface area contributed by atoms with E-state index in [1.54, 1.807) is 25.4 Å². The van der Waals surface area contributed by atoms with E-state index in [9.17, 15) is 4.79 Å². The van der Waals surface area contributed by atoms with Gasteiger partial charge in [0, 0.05) is 7.05 Å². The summed E-state index contributed by atoms with van der Waals surface area (Å²) in [5, 5.41) is 5.64. The zero-order valence-electron chi connectivity index (χ0n) is 10.8. The molecule has 0 spiro atoms. The van der Waals surface area contributed by atoms with Crippen molar-refractivity contribution in [3.8, 4) is 0 Å². The van der Waals surface area contributed by atoms with Gasteiger partial charge in [0.05, 0.1) is 22.9 Å². The van der Waals surface area contributed by atoms with Crippen LogP contribution >= 0.6 is 0 Å². The molecule has 1 aromatic carbocycles. The molecule has 0 saturated heterocycles. The number of carbonyl (C=O) groups excluding carboxylic acids is 1. The third-order valence-corrected chi connectivity index (χ3v) is 2.91. The molecular formula is C14H13N5O. The van der Waals surface area contributed by atoms with Gasteiger partial charge in [0.25, 0.3) is 5.91 Å². The molecule has 6 nitrogen and oxygen atoms in total. The molecular weight excluding hydrogens is 254 g/mol. The van der Waals surface area contributed by atoms with Gasteiger partial charge in [-0.15, -0.1) is 0 Å². The second kappa shape index (κ2) is 5.00. The van der Waals surface area contributed by atoms with Gasteiger partial charge < -0.3 is 10.3 Å². The lowest BCUT2D eigenvalue weighted by Gasteiger charge is -2.02. The van der Waals surface area contributed by atoms with E-state index < -0.39 is 0 Å². The van der Waals surface area contributed by atoms with Crippen molar-refractivity contribution >= 4 is 28.6 Å². The van der Waals surface area contributed by atoms with E-state index in [1.165, 1.54) is 0 Å². The second-order valence-electron chi connectivity index (χ2n) is 4.24. The van der Waals surface area contributed by atoms with Crippen molar-refractivity contribution in [3.63, 3.8) is 0 Å². The number of carbonyl (C=O) groups is 1. The van der Waals surface area contributed by atoms with Crippen molar-refractivity contribution in [2.24, 2.45) is 0 Å². The number of aromatic nitrogens is 3. The minimum absolute atomic E-state index is 0.299. The summed E-state index contributed by atoms with van der Waals surface area (Å²) in [6.07, 6.45) is 1.60. The van der Waals surface area contributed by atoms with Crippen LogP contribution in [0.2, 0.25) is 0 Å². The molecule has 0 aliphatic carbocycles. The van der Waals surface area contributed by atoms with Crippen LogP contribution in [0.25, 0.3) is 11.0 Å². The summed E-state index contributed by atoms with van der Waals surface area (Å²) in [7, 11) is 1.80. The lowest BCUT2D eigenvalue weighted by Crippen LogP contribution is -2.14. The molecule has 0 unspecified atom stereocenters. The Kier molecular flexibility index (Phi) is 3.04. The van der Waals surface area contributed by atoms with Gasteiger partial charge in [-0.1, -0.05) is 12.1 Å². The molecule has 0 radical (unpaired) electrons. The zero-order chi connectivity index (χ0) is 13.9. The molecule has 2 aromatic heterocycles. The van der Waals surface area contributed by atoms with Crippen molar-refractivity contribution in [3.05, 3.63) is 48.3 Å². The largest absolute Gasteiger partial charge is 0.387 e. The van der Waals surface area contributed by atoms with Crippen molar-refractivity contribution in [1.29, 1.82) is 0 Å². The number of para-hydroxylation sites is 2. The monoisotopic (exact) mass is 267 g/mol. The van der Waals surface area contributed by atoms with E-state index in [0.29, 0.717) is 11.6 Å². The Morgan fingerprint density at radius 3 is 2.75 bits per heavy atom. The molecule has 3 N–H and O–H groups in total. The number of aromatic amines is 1. The molecule has 0 atom stereocenters. The number of H-pyrrole nitrogens is 1. The molecule has 100 valence electrons. The predicted molar refractivity (Wildman–Crippen MR) is 77.8 cm³/mol. The normalized spacial score (nSPS) is 10.4. The highest BCUT2D eigenvalue weighted by molar-refractivity contribution is 6.02. The first kappa shape index (κ1) is 12.2. The van der Waals surface area contributed by atoms with E-state index in [2.05, 4.69) is 25.6 Å². The van der Waals surface area contributed by atoms with Crippen LogP contribution in [-0.4, -0.2) is 27.9 Å². The highest BCUT2D eigenvalue weighted by atomic mass is 16.2. The number of hydrogen-bond acceptors (Lipinski definition) is 4. The first-order chi connectivity index (χ1) is 9.76. The fourth-order valence-electron chi connectivity index (χ4n) is 1.86. The highest BCUT2D eigenvalue weighted by Crippen LogP contribution is 2.14. The number of nitrogens with one attached hydrogen (secondary N) is 3. The summed E-state index contributed by atoms with van der Waals surface area (Å²) in [6.45, 7) is 0. The summed E-state index contributed by atoms with van der Waals surface area (Å²) in [5.41, 5.74) is 2.87. The third kappa shape index (κ3) is 2.31. The lowest BCUT2D eigenvalue weighted by molar-refractivity contribution is 0.102. The minimum Gasteiger partial charge on any atom is -0.387 e. The topological polar surface area (TPSA) is 82.7 Å². The van der Waals surface area contributed by atoms with E-state index in [1.807, 2.05) is 24.3 Å². The van der Waals surface area contributed by atoms with E-state index >= 15 is 0 Å². The Labute approximate surface area is 115 Å². The fourth-order valence-corrected chi connectivity index (χ4v) is 1.86. The first-order valence-corrected chi connectivity index (χ1v) is 6.16. The van der Waals surface area contributed by atoms with Crippen LogP contribution < -0.4 is 10.6 Å². The van der Waals surface area contributed by atoms with Crippen LogP contribution in [0.5, 0.6) is 0 Å². The van der Waals surface area contributed by atoms with Crippen LogP contribution in [0.4, 0.5) is 11.6 Å². The molecule has 2 heterocycles. The van der Waals surface area contributed by atoms with Crippen molar-refractivity contribution in [2.45, 2.75) is 0 Å². The maximum absolute atomic E-state index is 12.0. The van der Waals surface area contributed by atoms with Gasteiger partial charge in [0.15, 0.2) is 0 Å². The molecule has 3 rings (SSSR count). The molecule has 0 aliphatic heterocycles. The number of benzene rings is 1. The van der Waals surface area contributed by atoms with Gasteiger partial charge in [-0.05, 0) is 24.3 Å². The fraction of sp³-hybridized carbons (Fsp3) is 0.0714. The van der Waals surface area contributed by atoms with Gasteiger partial charge in [0.2, 0.25) is 5.95 Å². The lowest BCUT2D eigenvalue weighted by atomic mass is 10.3. The number of pyridine rings is 1. The SMILES string of the molecule is CNc1ccc(C(=O)Nc2nc3ccccc3[nH]2)nc1. The standard InChI is InChI=1S/C14H13N5O/c1-15-9-6-7-12(16-8-9)13(20)19-14-17-10-4-2-3-5-11(10)18-14/h2-8,15H,1H3,(H2,17,18,19,20). The third-order valence-electron chi connectivity index (χ3n) is 2.91. The van der Waals surface area contributed by atoms with Gasteiger partial charge in [0.1, 0.15) is 5.69 Å². The first-order valence-electron chi connectivity index (χ1n) is 6.16. The molecule has 0 fully saturated rings. The van der Waals surface area contributed by atoms with Crippen LogP contribution in [0.1, 0.15) is 10.5 Å². The number of nitrogens with zero attached hydrogens (tertiary/aromatic N) is 2. The number of fused-ring (bicyclic) bond motifs is 1. The molecule has 3 aromatic rings. The van der Waals surface area contributed by atoms with Crippen LogP contribution in [-0.2, 0) is 0 Å². The van der Waals surface area contributed by atoms with Gasteiger partial charge in [-0.2, -0.15) is 0 Å². The molecule has 6 heteroatoms. The summed E-state index contributed by atoms with van der Waals surface area (Å²) in [6, 6.07) is 11.0. The zero-order valence-corrected chi connectivity index (χ0v) is 10.8. The molecule has 0 saturated carbocycles. The number of anilines is 2. The Morgan fingerprint density at radius 1 is 1.20 bits per heavy atom. The van der Waals surface area contributed by atoms with Gasteiger partial charge in [-0.25, -0.2) is 9.97 Å². The quantitative estimate of drug-likeness (QED) is 0.679.